The van der Waals surface area contributed by atoms with Gasteiger partial charge in [0.05, 0.1) is 12.7 Å². The first-order valence-corrected chi connectivity index (χ1v) is 6.46. The summed E-state index contributed by atoms with van der Waals surface area (Å²) >= 11 is 0. The lowest BCUT2D eigenvalue weighted by atomic mass is 10.2. The molecular weight excluding hydrogens is 228 g/mol. The second-order valence-electron chi connectivity index (χ2n) is 4.96. The SMILES string of the molecule is Cc1ncccc1CNCC(O)COCC(C)C. The fraction of sp³-hybridized carbons (Fsp3) is 0.643. The standard InChI is InChI=1S/C14H24N2O2/c1-11(2)9-18-10-14(17)8-15-7-13-5-4-6-16-12(13)3/h4-6,11,14-15,17H,7-10H2,1-3H3. The van der Waals surface area contributed by atoms with Gasteiger partial charge in [0.2, 0.25) is 0 Å². The first kappa shape index (κ1) is 15.1. The zero-order valence-corrected chi connectivity index (χ0v) is 11.5. The third kappa shape index (κ3) is 6.10. The van der Waals surface area contributed by atoms with Gasteiger partial charge in [0.15, 0.2) is 0 Å². The zero-order valence-electron chi connectivity index (χ0n) is 11.5. The van der Waals surface area contributed by atoms with Crippen LogP contribution in [0, 0.1) is 12.8 Å². The third-order valence-corrected chi connectivity index (χ3v) is 2.57. The van der Waals surface area contributed by atoms with Crippen LogP contribution in [0.15, 0.2) is 18.3 Å². The van der Waals surface area contributed by atoms with Crippen molar-refractivity contribution >= 4 is 0 Å². The van der Waals surface area contributed by atoms with Crippen molar-refractivity contribution in [3.05, 3.63) is 29.6 Å². The highest BCUT2D eigenvalue weighted by Gasteiger charge is 2.05. The second kappa shape index (κ2) is 8.19. The highest BCUT2D eigenvalue weighted by Crippen LogP contribution is 2.02. The van der Waals surface area contributed by atoms with E-state index in [1.807, 2.05) is 19.1 Å². The van der Waals surface area contributed by atoms with Crippen molar-refractivity contribution in [2.24, 2.45) is 5.92 Å². The lowest BCUT2D eigenvalue weighted by Crippen LogP contribution is -2.30. The summed E-state index contributed by atoms with van der Waals surface area (Å²) < 4.78 is 5.38. The molecule has 0 radical (unpaired) electrons. The van der Waals surface area contributed by atoms with Crippen molar-refractivity contribution in [3.8, 4) is 0 Å². The molecule has 0 saturated heterocycles. The zero-order chi connectivity index (χ0) is 13.4. The van der Waals surface area contributed by atoms with Crippen molar-refractivity contribution < 1.29 is 9.84 Å². The van der Waals surface area contributed by atoms with E-state index < -0.39 is 6.10 Å². The van der Waals surface area contributed by atoms with E-state index in [0.717, 1.165) is 17.8 Å². The van der Waals surface area contributed by atoms with E-state index >= 15 is 0 Å². The van der Waals surface area contributed by atoms with Gasteiger partial charge in [0.25, 0.3) is 0 Å². The van der Waals surface area contributed by atoms with Crippen LogP contribution in [-0.2, 0) is 11.3 Å². The summed E-state index contributed by atoms with van der Waals surface area (Å²) in [6, 6.07) is 3.96. The number of aromatic nitrogens is 1. The van der Waals surface area contributed by atoms with Crippen LogP contribution in [0.1, 0.15) is 25.1 Å². The van der Waals surface area contributed by atoms with Crippen LogP contribution in [-0.4, -0.2) is 36.0 Å². The van der Waals surface area contributed by atoms with Crippen LogP contribution in [0.2, 0.25) is 0 Å². The van der Waals surface area contributed by atoms with Crippen molar-refractivity contribution in [1.29, 1.82) is 0 Å². The molecule has 18 heavy (non-hydrogen) atoms. The maximum absolute atomic E-state index is 9.71. The molecular formula is C14H24N2O2. The summed E-state index contributed by atoms with van der Waals surface area (Å²) in [5.41, 5.74) is 2.18. The maximum atomic E-state index is 9.71. The lowest BCUT2D eigenvalue weighted by Gasteiger charge is -2.14. The molecule has 1 aromatic rings. The topological polar surface area (TPSA) is 54.4 Å². The van der Waals surface area contributed by atoms with Gasteiger partial charge in [-0.25, -0.2) is 0 Å². The molecule has 0 spiro atoms. The Morgan fingerprint density at radius 2 is 2.17 bits per heavy atom. The fourth-order valence-electron chi connectivity index (χ4n) is 1.58. The Balaban J connectivity index is 2.15. The Labute approximate surface area is 109 Å². The Bertz CT molecular complexity index is 342. The molecule has 0 fully saturated rings. The van der Waals surface area contributed by atoms with Crippen LogP contribution in [0.4, 0.5) is 0 Å². The Morgan fingerprint density at radius 3 is 2.83 bits per heavy atom. The largest absolute Gasteiger partial charge is 0.389 e. The fourth-order valence-corrected chi connectivity index (χ4v) is 1.58. The number of aryl methyl sites for hydroxylation is 1. The monoisotopic (exact) mass is 252 g/mol. The average Bonchev–Trinajstić information content (AvgIpc) is 2.31. The van der Waals surface area contributed by atoms with E-state index in [4.69, 9.17) is 4.74 Å². The molecule has 1 unspecified atom stereocenters. The Morgan fingerprint density at radius 1 is 1.39 bits per heavy atom. The molecule has 0 aliphatic heterocycles. The van der Waals surface area contributed by atoms with E-state index in [9.17, 15) is 5.11 Å². The van der Waals surface area contributed by atoms with Gasteiger partial charge in [0.1, 0.15) is 0 Å². The number of rotatable bonds is 8. The summed E-state index contributed by atoms with van der Waals surface area (Å²) in [4.78, 5) is 4.22. The van der Waals surface area contributed by atoms with Crippen molar-refractivity contribution in [3.63, 3.8) is 0 Å². The predicted octanol–water partition coefficient (Wildman–Crippen LogP) is 1.51. The number of nitrogens with zero attached hydrogens (tertiary/aromatic N) is 1. The molecule has 0 bridgehead atoms. The molecule has 1 atom stereocenters. The highest BCUT2D eigenvalue weighted by molar-refractivity contribution is 5.17. The van der Waals surface area contributed by atoms with Crippen LogP contribution in [0.5, 0.6) is 0 Å². The van der Waals surface area contributed by atoms with Crippen LogP contribution >= 0.6 is 0 Å². The number of aliphatic hydroxyl groups excluding tert-OH is 1. The van der Waals surface area contributed by atoms with Gasteiger partial charge in [-0.05, 0) is 24.5 Å². The number of ether oxygens (including phenoxy) is 1. The minimum Gasteiger partial charge on any atom is -0.389 e. The smallest absolute Gasteiger partial charge is 0.0897 e. The summed E-state index contributed by atoms with van der Waals surface area (Å²) in [6.07, 6.45) is 1.33. The van der Waals surface area contributed by atoms with Crippen molar-refractivity contribution in [2.45, 2.75) is 33.4 Å². The molecule has 0 saturated carbocycles. The molecule has 4 heteroatoms. The van der Waals surface area contributed by atoms with Gasteiger partial charge in [-0.3, -0.25) is 4.98 Å². The van der Waals surface area contributed by atoms with Gasteiger partial charge in [0, 0.05) is 31.6 Å². The van der Waals surface area contributed by atoms with Gasteiger partial charge < -0.3 is 15.2 Å². The third-order valence-electron chi connectivity index (χ3n) is 2.57. The minimum atomic E-state index is -0.458. The molecule has 2 N–H and O–H groups in total. The molecule has 4 nitrogen and oxygen atoms in total. The normalized spacial score (nSPS) is 12.9. The van der Waals surface area contributed by atoms with Crippen LogP contribution in [0.25, 0.3) is 0 Å². The second-order valence-corrected chi connectivity index (χ2v) is 4.96. The number of nitrogens with one attached hydrogen (secondary N) is 1. The van der Waals surface area contributed by atoms with E-state index in [0.29, 0.717) is 25.7 Å². The summed E-state index contributed by atoms with van der Waals surface area (Å²) in [7, 11) is 0. The lowest BCUT2D eigenvalue weighted by molar-refractivity contribution is 0.0260. The van der Waals surface area contributed by atoms with E-state index in [1.54, 1.807) is 6.20 Å². The number of pyridine rings is 1. The summed E-state index contributed by atoms with van der Waals surface area (Å²) in [5, 5.41) is 12.9. The van der Waals surface area contributed by atoms with E-state index in [-0.39, 0.29) is 0 Å². The molecule has 0 aliphatic rings. The first-order valence-electron chi connectivity index (χ1n) is 6.46. The van der Waals surface area contributed by atoms with Crippen molar-refractivity contribution in [1.82, 2.24) is 10.3 Å². The molecule has 0 aromatic carbocycles. The Kier molecular flexibility index (Phi) is 6.86. The van der Waals surface area contributed by atoms with Gasteiger partial charge >= 0.3 is 0 Å². The average molecular weight is 252 g/mol. The van der Waals surface area contributed by atoms with Crippen LogP contribution in [0.3, 0.4) is 0 Å². The van der Waals surface area contributed by atoms with E-state index in [2.05, 4.69) is 24.1 Å². The molecule has 0 amide bonds. The van der Waals surface area contributed by atoms with Gasteiger partial charge in [-0.15, -0.1) is 0 Å². The highest BCUT2D eigenvalue weighted by atomic mass is 16.5. The Hall–Kier alpha value is -0.970. The van der Waals surface area contributed by atoms with Crippen LogP contribution < -0.4 is 5.32 Å². The molecule has 0 aliphatic carbocycles. The maximum Gasteiger partial charge on any atom is 0.0897 e. The van der Waals surface area contributed by atoms with E-state index in [1.165, 1.54) is 0 Å². The number of hydrogen-bond acceptors (Lipinski definition) is 4. The van der Waals surface area contributed by atoms with Gasteiger partial charge in [-0.2, -0.15) is 0 Å². The predicted molar refractivity (Wildman–Crippen MR) is 72.3 cm³/mol. The molecule has 1 heterocycles. The molecule has 102 valence electrons. The minimum absolute atomic E-state index is 0.386. The summed E-state index contributed by atoms with van der Waals surface area (Å²) in [5.74, 6) is 0.503. The molecule has 1 aromatic heterocycles. The quantitative estimate of drug-likeness (QED) is 0.736. The molecule has 1 rings (SSSR count). The van der Waals surface area contributed by atoms with Crippen molar-refractivity contribution in [2.75, 3.05) is 19.8 Å². The number of hydrogen-bond donors (Lipinski definition) is 2. The number of aliphatic hydroxyl groups is 1. The summed E-state index contributed by atoms with van der Waals surface area (Å²) in [6.45, 7) is 8.51. The van der Waals surface area contributed by atoms with Gasteiger partial charge in [-0.1, -0.05) is 19.9 Å². The first-order chi connectivity index (χ1) is 8.59.